The summed E-state index contributed by atoms with van der Waals surface area (Å²) >= 11 is 4.50. The van der Waals surface area contributed by atoms with Crippen LogP contribution in [0.15, 0.2) is 24.3 Å². The summed E-state index contributed by atoms with van der Waals surface area (Å²) in [6.07, 6.45) is 1.95. The summed E-state index contributed by atoms with van der Waals surface area (Å²) in [5.74, 6) is -0.0694. The SMILES string of the molecule is CCN(C(=O)[C@@H]1C[C@H](S)CN1C(=O)OCc1ccc([N+](=O)[O-])cc1)C1CCCN1C. The van der Waals surface area contributed by atoms with Gasteiger partial charge in [0.25, 0.3) is 5.69 Å². The molecule has 0 N–H and O–H groups in total. The van der Waals surface area contributed by atoms with Crippen LogP contribution in [-0.4, -0.2) is 75.8 Å². The molecule has 1 aromatic carbocycles. The monoisotopic (exact) mass is 436 g/mol. The molecule has 2 heterocycles. The summed E-state index contributed by atoms with van der Waals surface area (Å²) < 4.78 is 5.40. The van der Waals surface area contributed by atoms with E-state index in [2.05, 4.69) is 17.5 Å². The molecule has 0 spiro atoms. The number of carbonyl (C=O) groups is 2. The maximum atomic E-state index is 13.3. The fourth-order valence-corrected chi connectivity index (χ4v) is 4.56. The highest BCUT2D eigenvalue weighted by Crippen LogP contribution is 2.27. The Morgan fingerprint density at radius 3 is 2.60 bits per heavy atom. The Labute approximate surface area is 181 Å². The van der Waals surface area contributed by atoms with E-state index in [1.807, 2.05) is 18.9 Å². The molecule has 3 atom stereocenters. The lowest BCUT2D eigenvalue weighted by Crippen LogP contribution is -2.53. The van der Waals surface area contributed by atoms with Crippen molar-refractivity contribution in [2.45, 2.75) is 50.3 Å². The quantitative estimate of drug-likeness (QED) is 0.418. The van der Waals surface area contributed by atoms with Crippen LogP contribution in [0.2, 0.25) is 0 Å². The maximum Gasteiger partial charge on any atom is 0.410 e. The number of nitro benzene ring substituents is 1. The number of likely N-dealkylation sites (tertiary alicyclic amines) is 2. The van der Waals surface area contributed by atoms with E-state index in [0.717, 1.165) is 19.4 Å². The number of amides is 2. The Balaban J connectivity index is 1.65. The van der Waals surface area contributed by atoms with Gasteiger partial charge in [-0.15, -0.1) is 0 Å². The van der Waals surface area contributed by atoms with Gasteiger partial charge in [-0.25, -0.2) is 4.79 Å². The summed E-state index contributed by atoms with van der Waals surface area (Å²) in [6, 6.07) is 5.24. The van der Waals surface area contributed by atoms with Crippen LogP contribution in [-0.2, 0) is 16.1 Å². The molecule has 0 bridgehead atoms. The summed E-state index contributed by atoms with van der Waals surface area (Å²) in [7, 11) is 2.01. The fourth-order valence-electron chi connectivity index (χ4n) is 4.18. The minimum atomic E-state index is -0.592. The van der Waals surface area contributed by atoms with E-state index in [1.165, 1.54) is 17.0 Å². The first-order chi connectivity index (χ1) is 14.3. The molecule has 2 aliphatic heterocycles. The van der Waals surface area contributed by atoms with Gasteiger partial charge in [0.05, 0.1) is 11.1 Å². The molecule has 0 radical (unpaired) electrons. The Morgan fingerprint density at radius 2 is 2.03 bits per heavy atom. The third-order valence-electron chi connectivity index (χ3n) is 5.77. The molecule has 1 aromatic rings. The summed E-state index contributed by atoms with van der Waals surface area (Å²) in [4.78, 5) is 41.8. The zero-order valence-corrected chi connectivity index (χ0v) is 18.2. The smallest absolute Gasteiger partial charge is 0.410 e. The predicted octanol–water partition coefficient (Wildman–Crippen LogP) is 2.50. The van der Waals surface area contributed by atoms with Crippen molar-refractivity contribution in [2.75, 3.05) is 26.7 Å². The molecule has 9 nitrogen and oxygen atoms in total. The van der Waals surface area contributed by atoms with Crippen LogP contribution in [0.3, 0.4) is 0 Å². The van der Waals surface area contributed by atoms with Gasteiger partial charge in [0, 0.05) is 30.5 Å². The highest BCUT2D eigenvalue weighted by atomic mass is 32.1. The average molecular weight is 437 g/mol. The first-order valence-corrected chi connectivity index (χ1v) is 10.7. The second-order valence-electron chi connectivity index (χ2n) is 7.76. The number of hydrogen-bond donors (Lipinski definition) is 1. The first kappa shape index (κ1) is 22.4. The van der Waals surface area contributed by atoms with Gasteiger partial charge in [-0.05, 0) is 57.5 Å². The van der Waals surface area contributed by atoms with Gasteiger partial charge in [0.2, 0.25) is 5.91 Å². The van der Waals surface area contributed by atoms with Gasteiger partial charge >= 0.3 is 6.09 Å². The number of carbonyl (C=O) groups excluding carboxylic acids is 2. The van der Waals surface area contributed by atoms with Crippen LogP contribution >= 0.6 is 12.6 Å². The van der Waals surface area contributed by atoms with E-state index >= 15 is 0 Å². The average Bonchev–Trinajstić information content (AvgIpc) is 3.32. The number of thiol groups is 1. The lowest BCUT2D eigenvalue weighted by molar-refractivity contribution is -0.384. The minimum Gasteiger partial charge on any atom is -0.445 e. The molecule has 3 rings (SSSR count). The second-order valence-corrected chi connectivity index (χ2v) is 8.49. The molecule has 164 valence electrons. The number of ether oxygens (including phenoxy) is 1. The third kappa shape index (κ3) is 4.86. The highest BCUT2D eigenvalue weighted by molar-refractivity contribution is 7.81. The van der Waals surface area contributed by atoms with E-state index < -0.39 is 17.1 Å². The largest absolute Gasteiger partial charge is 0.445 e. The predicted molar refractivity (Wildman–Crippen MR) is 114 cm³/mol. The van der Waals surface area contributed by atoms with E-state index in [4.69, 9.17) is 4.74 Å². The molecule has 0 aliphatic carbocycles. The zero-order chi connectivity index (χ0) is 21.8. The van der Waals surface area contributed by atoms with Gasteiger partial charge in [-0.1, -0.05) is 0 Å². The van der Waals surface area contributed by atoms with Gasteiger partial charge in [0.1, 0.15) is 12.6 Å². The fraction of sp³-hybridized carbons (Fsp3) is 0.600. The van der Waals surface area contributed by atoms with Crippen molar-refractivity contribution >= 4 is 30.3 Å². The Morgan fingerprint density at radius 1 is 1.33 bits per heavy atom. The highest BCUT2D eigenvalue weighted by Gasteiger charge is 2.43. The van der Waals surface area contributed by atoms with Crippen LogP contribution in [0.1, 0.15) is 31.7 Å². The van der Waals surface area contributed by atoms with E-state index in [0.29, 0.717) is 25.1 Å². The molecular formula is C20H28N4O5S. The van der Waals surface area contributed by atoms with Crippen molar-refractivity contribution in [3.63, 3.8) is 0 Å². The number of likely N-dealkylation sites (N-methyl/N-ethyl adjacent to an activating group) is 1. The van der Waals surface area contributed by atoms with Crippen LogP contribution in [0.4, 0.5) is 10.5 Å². The maximum absolute atomic E-state index is 13.3. The number of nitrogens with zero attached hydrogens (tertiary/aromatic N) is 4. The van der Waals surface area contributed by atoms with Gasteiger partial charge in [0.15, 0.2) is 0 Å². The number of nitro groups is 1. The van der Waals surface area contributed by atoms with Crippen molar-refractivity contribution < 1.29 is 19.2 Å². The number of rotatable bonds is 6. The summed E-state index contributed by atoms with van der Waals surface area (Å²) in [6.45, 7) is 3.81. The molecule has 10 heteroatoms. The molecule has 2 fully saturated rings. The van der Waals surface area contributed by atoms with E-state index in [1.54, 1.807) is 12.1 Å². The van der Waals surface area contributed by atoms with E-state index in [9.17, 15) is 19.7 Å². The molecule has 0 saturated carbocycles. The van der Waals surface area contributed by atoms with Crippen molar-refractivity contribution in [1.82, 2.24) is 14.7 Å². The number of hydrogen-bond acceptors (Lipinski definition) is 7. The van der Waals surface area contributed by atoms with Crippen LogP contribution < -0.4 is 0 Å². The van der Waals surface area contributed by atoms with Gasteiger partial charge in [-0.3, -0.25) is 24.7 Å². The molecule has 2 aliphatic rings. The molecule has 30 heavy (non-hydrogen) atoms. The molecular weight excluding hydrogens is 408 g/mol. The number of benzene rings is 1. The van der Waals surface area contributed by atoms with Crippen molar-refractivity contribution in [1.29, 1.82) is 0 Å². The minimum absolute atomic E-state index is 0.0195. The molecule has 2 saturated heterocycles. The summed E-state index contributed by atoms with van der Waals surface area (Å²) in [5, 5.41) is 10.7. The van der Waals surface area contributed by atoms with Crippen molar-refractivity contribution in [3.8, 4) is 0 Å². The Kier molecular flexibility index (Phi) is 7.19. The first-order valence-electron chi connectivity index (χ1n) is 10.2. The summed E-state index contributed by atoms with van der Waals surface area (Å²) in [5.41, 5.74) is 0.617. The van der Waals surface area contributed by atoms with Gasteiger partial charge < -0.3 is 9.64 Å². The molecule has 1 unspecified atom stereocenters. The Bertz CT molecular complexity index is 790. The topological polar surface area (TPSA) is 96.2 Å². The van der Waals surface area contributed by atoms with Gasteiger partial charge in [-0.2, -0.15) is 12.6 Å². The van der Waals surface area contributed by atoms with Crippen molar-refractivity contribution in [2.24, 2.45) is 0 Å². The van der Waals surface area contributed by atoms with Crippen LogP contribution in [0.5, 0.6) is 0 Å². The normalized spacial score (nSPS) is 24.1. The molecule has 0 aromatic heterocycles. The molecule has 2 amide bonds. The Hall–Kier alpha value is -2.33. The van der Waals surface area contributed by atoms with Crippen molar-refractivity contribution in [3.05, 3.63) is 39.9 Å². The van der Waals surface area contributed by atoms with E-state index in [-0.39, 0.29) is 29.6 Å². The second kappa shape index (κ2) is 9.65. The lowest BCUT2D eigenvalue weighted by Gasteiger charge is -2.36. The lowest BCUT2D eigenvalue weighted by atomic mass is 10.1. The number of non-ortho nitro benzene ring substituents is 1. The van der Waals surface area contributed by atoms with Crippen LogP contribution in [0.25, 0.3) is 0 Å². The standard InChI is InChI=1S/C20H28N4O5S/c1-3-22(18-5-4-10-21(18)2)19(25)17-11-16(30)12-23(17)20(26)29-13-14-6-8-15(9-7-14)24(27)28/h6-9,16-18,30H,3-5,10-13H2,1-2H3/t16-,17-,18?/m0/s1. The van der Waals surface area contributed by atoms with Crippen LogP contribution in [0, 0.1) is 10.1 Å². The third-order valence-corrected chi connectivity index (χ3v) is 6.15. The zero-order valence-electron chi connectivity index (χ0n) is 17.3.